The van der Waals surface area contributed by atoms with Crippen molar-refractivity contribution in [1.29, 1.82) is 0 Å². The molecule has 0 radical (unpaired) electrons. The molecule has 2 aliphatic rings. The fraction of sp³-hybridized carbons (Fsp3) is 0.500. The van der Waals surface area contributed by atoms with Crippen molar-refractivity contribution in [3.8, 4) is 5.69 Å². The summed E-state index contributed by atoms with van der Waals surface area (Å²) in [5, 5.41) is 11.2. The predicted octanol–water partition coefficient (Wildman–Crippen LogP) is 3.32. The molecule has 25 heavy (non-hydrogen) atoms. The van der Waals surface area contributed by atoms with E-state index in [2.05, 4.69) is 16.7 Å². The van der Waals surface area contributed by atoms with Crippen LogP contribution in [-0.4, -0.2) is 28.8 Å². The third-order valence-electron chi connectivity index (χ3n) is 5.69. The second kappa shape index (κ2) is 7.00. The van der Waals surface area contributed by atoms with Gasteiger partial charge in [0.2, 0.25) is 5.91 Å². The molecule has 2 heterocycles. The molecule has 2 fully saturated rings. The van der Waals surface area contributed by atoms with Crippen LogP contribution in [0, 0.1) is 11.8 Å². The van der Waals surface area contributed by atoms with E-state index in [4.69, 9.17) is 5.10 Å². The van der Waals surface area contributed by atoms with Crippen LogP contribution in [0.4, 0.5) is 5.82 Å². The van der Waals surface area contributed by atoms with Crippen LogP contribution in [0.25, 0.3) is 5.69 Å². The Hall–Kier alpha value is -2.14. The number of aromatic nitrogens is 2. The smallest absolute Gasteiger partial charge is 0.228 e. The molecule has 1 aliphatic heterocycles. The van der Waals surface area contributed by atoms with E-state index in [0.717, 1.165) is 30.3 Å². The fourth-order valence-electron chi connectivity index (χ4n) is 3.79. The largest absolute Gasteiger partial charge is 0.316 e. The Morgan fingerprint density at radius 3 is 2.60 bits per heavy atom. The number of nitrogens with one attached hydrogen (secondary N) is 2. The summed E-state index contributed by atoms with van der Waals surface area (Å²) >= 11 is 0. The molecule has 2 N–H and O–H groups in total. The average molecular weight is 338 g/mol. The maximum absolute atomic E-state index is 12.7. The van der Waals surface area contributed by atoms with Gasteiger partial charge in [-0.1, -0.05) is 38.0 Å². The van der Waals surface area contributed by atoms with E-state index in [9.17, 15) is 4.79 Å². The summed E-state index contributed by atoms with van der Waals surface area (Å²) in [4.78, 5) is 12.7. The number of rotatable bonds is 5. The van der Waals surface area contributed by atoms with Crippen molar-refractivity contribution in [2.24, 2.45) is 11.8 Å². The number of nitrogens with zero attached hydrogens (tertiary/aromatic N) is 2. The molecule has 1 atom stereocenters. The maximum Gasteiger partial charge on any atom is 0.228 e. The maximum atomic E-state index is 12.7. The second-order valence-electron chi connectivity index (χ2n) is 7.38. The zero-order valence-electron chi connectivity index (χ0n) is 14.7. The van der Waals surface area contributed by atoms with Gasteiger partial charge in [0.15, 0.2) is 0 Å². The van der Waals surface area contributed by atoms with Crippen LogP contribution < -0.4 is 10.6 Å². The second-order valence-corrected chi connectivity index (χ2v) is 7.38. The van der Waals surface area contributed by atoms with Crippen molar-refractivity contribution in [3.63, 3.8) is 0 Å². The number of para-hydroxylation sites is 1. The van der Waals surface area contributed by atoms with Crippen LogP contribution in [0.1, 0.15) is 44.2 Å². The number of hydrogen-bond donors (Lipinski definition) is 2. The van der Waals surface area contributed by atoms with E-state index in [1.165, 1.54) is 25.7 Å². The topological polar surface area (TPSA) is 59.0 Å². The third kappa shape index (κ3) is 3.33. The van der Waals surface area contributed by atoms with E-state index >= 15 is 0 Å². The first kappa shape index (κ1) is 16.3. The van der Waals surface area contributed by atoms with E-state index in [1.54, 1.807) is 0 Å². The molecule has 1 unspecified atom stereocenters. The minimum absolute atomic E-state index is 0.00954. The summed E-state index contributed by atoms with van der Waals surface area (Å²) in [6.45, 7) is 3.88. The van der Waals surface area contributed by atoms with Gasteiger partial charge in [-0.15, -0.1) is 0 Å². The number of carbonyl (C=O) groups excluding carboxylic acids is 1. The van der Waals surface area contributed by atoms with Gasteiger partial charge in [-0.2, -0.15) is 5.10 Å². The quantitative estimate of drug-likeness (QED) is 0.879. The van der Waals surface area contributed by atoms with Gasteiger partial charge in [-0.05, 0) is 44.0 Å². The lowest BCUT2D eigenvalue weighted by Gasteiger charge is -2.31. The van der Waals surface area contributed by atoms with Crippen molar-refractivity contribution < 1.29 is 4.79 Å². The standard InChI is InChI=1S/C20H26N4O/c1-14(16-12-21-13-16)20(25)22-19-11-18(15-7-5-6-8-15)23-24(19)17-9-3-2-4-10-17/h2-4,9-11,14-16,21H,5-8,12-13H2,1H3,(H,22,25). The van der Waals surface area contributed by atoms with Gasteiger partial charge in [0, 0.05) is 17.9 Å². The molecule has 0 spiro atoms. The van der Waals surface area contributed by atoms with E-state index < -0.39 is 0 Å². The SMILES string of the molecule is CC(C(=O)Nc1cc(C2CCCC2)nn1-c1ccccc1)C1CNC1. The molecule has 1 aliphatic carbocycles. The highest BCUT2D eigenvalue weighted by atomic mass is 16.2. The van der Waals surface area contributed by atoms with E-state index in [0.29, 0.717) is 11.8 Å². The van der Waals surface area contributed by atoms with Crippen molar-refractivity contribution >= 4 is 11.7 Å². The van der Waals surface area contributed by atoms with Gasteiger partial charge in [-0.25, -0.2) is 4.68 Å². The first-order chi connectivity index (χ1) is 12.2. The van der Waals surface area contributed by atoms with Crippen LogP contribution in [0.5, 0.6) is 0 Å². The van der Waals surface area contributed by atoms with Gasteiger partial charge in [0.1, 0.15) is 5.82 Å². The Labute approximate surface area is 148 Å². The number of amides is 1. The Morgan fingerprint density at radius 2 is 1.96 bits per heavy atom. The predicted molar refractivity (Wildman–Crippen MR) is 98.9 cm³/mol. The highest BCUT2D eigenvalue weighted by Crippen LogP contribution is 2.35. The van der Waals surface area contributed by atoms with Crippen molar-refractivity contribution in [1.82, 2.24) is 15.1 Å². The third-order valence-corrected chi connectivity index (χ3v) is 5.69. The molecule has 5 heteroatoms. The lowest BCUT2D eigenvalue weighted by Crippen LogP contribution is -2.48. The fourth-order valence-corrected chi connectivity index (χ4v) is 3.79. The summed E-state index contributed by atoms with van der Waals surface area (Å²) in [5.74, 6) is 1.84. The Kier molecular flexibility index (Phi) is 4.57. The lowest BCUT2D eigenvalue weighted by atomic mass is 9.88. The molecular formula is C20H26N4O. The van der Waals surface area contributed by atoms with Crippen LogP contribution in [0.15, 0.2) is 36.4 Å². The van der Waals surface area contributed by atoms with Crippen LogP contribution in [0.2, 0.25) is 0 Å². The summed E-state index contributed by atoms with van der Waals surface area (Å²) in [5.41, 5.74) is 2.09. The van der Waals surface area contributed by atoms with Crippen LogP contribution in [0.3, 0.4) is 0 Å². The molecule has 1 aromatic carbocycles. The first-order valence-electron chi connectivity index (χ1n) is 9.39. The van der Waals surface area contributed by atoms with Crippen LogP contribution in [-0.2, 0) is 4.79 Å². The van der Waals surface area contributed by atoms with Crippen molar-refractivity contribution in [2.45, 2.75) is 38.5 Å². The van der Waals surface area contributed by atoms with Crippen molar-refractivity contribution in [3.05, 3.63) is 42.1 Å². The lowest BCUT2D eigenvalue weighted by molar-refractivity contribution is -0.121. The van der Waals surface area contributed by atoms with E-state index in [1.807, 2.05) is 41.9 Å². The molecule has 132 valence electrons. The van der Waals surface area contributed by atoms with Gasteiger partial charge < -0.3 is 10.6 Å². The first-order valence-corrected chi connectivity index (χ1v) is 9.39. The number of hydrogen-bond acceptors (Lipinski definition) is 3. The molecule has 2 aromatic rings. The Bertz CT molecular complexity index is 729. The minimum atomic E-state index is 0.00954. The molecule has 1 aromatic heterocycles. The highest BCUT2D eigenvalue weighted by molar-refractivity contribution is 5.92. The Morgan fingerprint density at radius 1 is 1.24 bits per heavy atom. The van der Waals surface area contributed by atoms with Gasteiger partial charge >= 0.3 is 0 Å². The Balaban J connectivity index is 1.61. The summed E-state index contributed by atoms with van der Waals surface area (Å²) in [6, 6.07) is 12.1. The van der Waals surface area contributed by atoms with Gasteiger partial charge in [0.05, 0.1) is 11.4 Å². The molecule has 1 saturated carbocycles. The van der Waals surface area contributed by atoms with Gasteiger partial charge in [0.25, 0.3) is 0 Å². The van der Waals surface area contributed by atoms with Gasteiger partial charge in [-0.3, -0.25) is 4.79 Å². The summed E-state index contributed by atoms with van der Waals surface area (Å²) in [6.07, 6.45) is 4.94. The molecule has 0 bridgehead atoms. The van der Waals surface area contributed by atoms with Crippen LogP contribution >= 0.6 is 0 Å². The highest BCUT2D eigenvalue weighted by Gasteiger charge is 2.30. The molecular weight excluding hydrogens is 312 g/mol. The average Bonchev–Trinajstić information content (AvgIpc) is 3.23. The number of benzene rings is 1. The molecule has 1 saturated heterocycles. The molecule has 1 amide bonds. The number of carbonyl (C=O) groups is 1. The molecule has 4 rings (SSSR count). The zero-order valence-corrected chi connectivity index (χ0v) is 14.7. The summed E-state index contributed by atoms with van der Waals surface area (Å²) in [7, 11) is 0. The van der Waals surface area contributed by atoms with Crippen molar-refractivity contribution in [2.75, 3.05) is 18.4 Å². The van der Waals surface area contributed by atoms with E-state index in [-0.39, 0.29) is 11.8 Å². The summed E-state index contributed by atoms with van der Waals surface area (Å²) < 4.78 is 1.89. The minimum Gasteiger partial charge on any atom is -0.316 e. The normalized spacial score (nSPS) is 19.6. The monoisotopic (exact) mass is 338 g/mol. The zero-order chi connectivity index (χ0) is 17.2. The molecule has 5 nitrogen and oxygen atoms in total. The number of anilines is 1.